The van der Waals surface area contributed by atoms with Gasteiger partial charge in [0.1, 0.15) is 5.82 Å². The summed E-state index contributed by atoms with van der Waals surface area (Å²) in [7, 11) is 0. The summed E-state index contributed by atoms with van der Waals surface area (Å²) in [5, 5.41) is 6.85. The van der Waals surface area contributed by atoms with Crippen LogP contribution in [0, 0.1) is 11.7 Å². The Morgan fingerprint density at radius 3 is 2.87 bits per heavy atom. The fraction of sp³-hybridized carbons (Fsp3) is 0.500. The topological polar surface area (TPSA) is 24.1 Å². The third-order valence-electron chi connectivity index (χ3n) is 3.53. The van der Waals surface area contributed by atoms with Crippen LogP contribution in [-0.2, 0) is 0 Å². The number of hydrogen-bond donors (Lipinski definition) is 2. The lowest BCUT2D eigenvalue weighted by Gasteiger charge is -2.38. The van der Waals surface area contributed by atoms with Crippen LogP contribution in [0.15, 0.2) is 18.2 Å². The van der Waals surface area contributed by atoms with Gasteiger partial charge in [0, 0.05) is 6.54 Å². The molecule has 0 aromatic heterocycles. The fourth-order valence-corrected chi connectivity index (χ4v) is 2.37. The van der Waals surface area contributed by atoms with Crippen molar-refractivity contribution < 1.29 is 4.39 Å². The lowest BCUT2D eigenvalue weighted by molar-refractivity contribution is 0.465. The second-order valence-corrected chi connectivity index (χ2v) is 4.86. The summed E-state index contributed by atoms with van der Waals surface area (Å²) in [4.78, 5) is 0. The van der Waals surface area contributed by atoms with E-state index in [1.807, 2.05) is 0 Å². The van der Waals surface area contributed by atoms with Gasteiger partial charge in [-0.2, -0.15) is 0 Å². The van der Waals surface area contributed by atoms with Crippen molar-refractivity contribution in [3.8, 4) is 0 Å². The Balaban J connectivity index is 1.94. The first-order valence-corrected chi connectivity index (χ1v) is 5.49. The van der Waals surface area contributed by atoms with Crippen LogP contribution in [0.2, 0.25) is 0 Å². The van der Waals surface area contributed by atoms with Gasteiger partial charge in [0.05, 0.1) is 16.9 Å². The largest absolute Gasteiger partial charge is 0.381 e. The predicted molar refractivity (Wildman–Crippen MR) is 59.6 cm³/mol. The highest BCUT2D eigenvalue weighted by Crippen LogP contribution is 2.44. The Hall–Kier alpha value is -1.25. The molecule has 1 aromatic carbocycles. The Morgan fingerprint density at radius 1 is 1.33 bits per heavy atom. The zero-order valence-electron chi connectivity index (χ0n) is 8.81. The minimum Gasteiger partial charge on any atom is -0.381 e. The van der Waals surface area contributed by atoms with Crippen molar-refractivity contribution in [2.24, 2.45) is 5.92 Å². The van der Waals surface area contributed by atoms with Gasteiger partial charge < -0.3 is 10.6 Å². The first-order valence-electron chi connectivity index (χ1n) is 5.49. The van der Waals surface area contributed by atoms with Crippen molar-refractivity contribution in [3.05, 3.63) is 24.0 Å². The van der Waals surface area contributed by atoms with E-state index in [1.165, 1.54) is 18.9 Å². The molecular formula is C12H15FN2. The molecule has 1 saturated carbocycles. The molecule has 0 spiro atoms. The molecule has 0 bridgehead atoms. The number of nitrogens with one attached hydrogen (secondary N) is 2. The molecule has 3 heteroatoms. The van der Waals surface area contributed by atoms with Gasteiger partial charge in [-0.05, 0) is 43.9 Å². The van der Waals surface area contributed by atoms with Gasteiger partial charge in [-0.1, -0.05) is 0 Å². The number of halogens is 1. The van der Waals surface area contributed by atoms with Gasteiger partial charge in [0.2, 0.25) is 0 Å². The van der Waals surface area contributed by atoms with Gasteiger partial charge in [-0.25, -0.2) is 4.39 Å². The third kappa shape index (κ3) is 1.46. The molecule has 0 radical (unpaired) electrons. The summed E-state index contributed by atoms with van der Waals surface area (Å²) in [6, 6.07) is 4.86. The van der Waals surface area contributed by atoms with E-state index in [9.17, 15) is 4.39 Å². The molecular weight excluding hydrogens is 191 g/mol. The van der Waals surface area contributed by atoms with Crippen LogP contribution in [0.3, 0.4) is 0 Å². The highest BCUT2D eigenvalue weighted by Gasteiger charge is 2.43. The van der Waals surface area contributed by atoms with Crippen molar-refractivity contribution in [2.45, 2.75) is 25.3 Å². The van der Waals surface area contributed by atoms with Gasteiger partial charge in [-0.15, -0.1) is 0 Å². The first-order chi connectivity index (χ1) is 7.17. The molecule has 2 aliphatic rings. The third-order valence-corrected chi connectivity index (χ3v) is 3.53. The van der Waals surface area contributed by atoms with E-state index >= 15 is 0 Å². The average molecular weight is 206 g/mol. The van der Waals surface area contributed by atoms with E-state index in [4.69, 9.17) is 0 Å². The van der Waals surface area contributed by atoms with Crippen LogP contribution in [-0.4, -0.2) is 12.1 Å². The van der Waals surface area contributed by atoms with Crippen molar-refractivity contribution >= 4 is 11.4 Å². The maximum Gasteiger partial charge on any atom is 0.125 e. The maximum atomic E-state index is 13.1. The lowest BCUT2D eigenvalue weighted by Crippen LogP contribution is -2.47. The van der Waals surface area contributed by atoms with Crippen molar-refractivity contribution in [1.29, 1.82) is 0 Å². The lowest BCUT2D eigenvalue weighted by atomic mass is 9.92. The van der Waals surface area contributed by atoms with Crippen molar-refractivity contribution in [2.75, 3.05) is 17.2 Å². The van der Waals surface area contributed by atoms with E-state index < -0.39 is 0 Å². The Labute approximate surface area is 88.9 Å². The van der Waals surface area contributed by atoms with Gasteiger partial charge >= 0.3 is 0 Å². The zero-order chi connectivity index (χ0) is 10.5. The van der Waals surface area contributed by atoms with Crippen LogP contribution in [0.5, 0.6) is 0 Å². The number of rotatable bonds is 1. The molecule has 1 aliphatic heterocycles. The van der Waals surface area contributed by atoms with E-state index in [0.717, 1.165) is 23.8 Å². The zero-order valence-corrected chi connectivity index (χ0v) is 8.81. The van der Waals surface area contributed by atoms with E-state index in [0.29, 0.717) is 0 Å². The second kappa shape index (κ2) is 2.87. The standard InChI is InChI=1S/C12H15FN2/c1-12(8-2-3-8)7-14-10-5-4-9(13)6-11(10)15-12/h4-6,8,14-15H,2-3,7H2,1H3. The van der Waals surface area contributed by atoms with E-state index in [-0.39, 0.29) is 11.4 Å². The minimum atomic E-state index is -0.178. The van der Waals surface area contributed by atoms with Gasteiger partial charge in [0.25, 0.3) is 0 Å². The molecule has 15 heavy (non-hydrogen) atoms. The quantitative estimate of drug-likeness (QED) is 0.738. The van der Waals surface area contributed by atoms with E-state index in [2.05, 4.69) is 17.6 Å². The smallest absolute Gasteiger partial charge is 0.125 e. The Bertz CT molecular complexity index is 401. The van der Waals surface area contributed by atoms with Gasteiger partial charge in [0.15, 0.2) is 0 Å². The van der Waals surface area contributed by atoms with Crippen LogP contribution < -0.4 is 10.6 Å². The van der Waals surface area contributed by atoms with Crippen LogP contribution in [0.1, 0.15) is 19.8 Å². The highest BCUT2D eigenvalue weighted by atomic mass is 19.1. The highest BCUT2D eigenvalue weighted by molar-refractivity contribution is 5.72. The van der Waals surface area contributed by atoms with Crippen molar-refractivity contribution in [3.63, 3.8) is 0 Å². The number of fused-ring (bicyclic) bond motifs is 1. The molecule has 1 atom stereocenters. The average Bonchev–Trinajstić information content (AvgIpc) is 3.00. The monoisotopic (exact) mass is 206 g/mol. The molecule has 0 saturated heterocycles. The SMILES string of the molecule is CC1(C2CC2)CNc2ccc(F)cc2N1. The number of benzene rings is 1. The molecule has 1 aromatic rings. The molecule has 0 amide bonds. The molecule has 2 N–H and O–H groups in total. The molecule has 1 unspecified atom stereocenters. The molecule has 3 rings (SSSR count). The number of anilines is 2. The molecule has 2 nitrogen and oxygen atoms in total. The van der Waals surface area contributed by atoms with Crippen LogP contribution >= 0.6 is 0 Å². The summed E-state index contributed by atoms with van der Waals surface area (Å²) in [5.41, 5.74) is 2.01. The fourth-order valence-electron chi connectivity index (χ4n) is 2.37. The normalized spacial score (nSPS) is 28.9. The summed E-state index contributed by atoms with van der Waals surface area (Å²) < 4.78 is 13.1. The summed E-state index contributed by atoms with van der Waals surface area (Å²) in [6.45, 7) is 3.14. The van der Waals surface area contributed by atoms with Crippen LogP contribution in [0.25, 0.3) is 0 Å². The second-order valence-electron chi connectivity index (χ2n) is 4.86. The van der Waals surface area contributed by atoms with Crippen LogP contribution in [0.4, 0.5) is 15.8 Å². The van der Waals surface area contributed by atoms with E-state index in [1.54, 1.807) is 12.1 Å². The summed E-state index contributed by atoms with van der Waals surface area (Å²) >= 11 is 0. The number of hydrogen-bond acceptors (Lipinski definition) is 2. The molecule has 1 heterocycles. The predicted octanol–water partition coefficient (Wildman–Crippen LogP) is 2.83. The maximum absolute atomic E-state index is 13.1. The Morgan fingerprint density at radius 2 is 2.13 bits per heavy atom. The molecule has 80 valence electrons. The summed E-state index contributed by atoms with van der Waals surface area (Å²) in [6.07, 6.45) is 2.58. The Kier molecular flexibility index (Phi) is 1.73. The minimum absolute atomic E-state index is 0.0980. The first kappa shape index (κ1) is 9.01. The van der Waals surface area contributed by atoms with Gasteiger partial charge in [-0.3, -0.25) is 0 Å². The molecule has 1 fully saturated rings. The summed E-state index contributed by atoms with van der Waals surface area (Å²) in [5.74, 6) is 0.560. The van der Waals surface area contributed by atoms with Crippen molar-refractivity contribution in [1.82, 2.24) is 0 Å². The molecule has 1 aliphatic carbocycles.